The standard InChI is InChI=1S/2C16H32N2O5S.2H3N/c2*1-2-3-4-5-6-7-8-9-10-11-12-18-16(20)14(13-15(17)19)24(21,22)23;;/h2*14H,2-13H2,1H3,(H2,17,19)(H,18,20)(H,21,22,23);2*1H3. The monoisotopic (exact) mass is 762 g/mol. The van der Waals surface area contributed by atoms with Gasteiger partial charge >= 0.3 is 0 Å². The first kappa shape index (κ1) is 54.4. The van der Waals surface area contributed by atoms with Gasteiger partial charge in [-0.2, -0.15) is 16.8 Å². The van der Waals surface area contributed by atoms with Crippen LogP contribution in [0.15, 0.2) is 0 Å². The maximum atomic E-state index is 11.7. The van der Waals surface area contributed by atoms with Crippen LogP contribution in [0.25, 0.3) is 0 Å². The lowest BCUT2D eigenvalue weighted by atomic mass is 10.1. The van der Waals surface area contributed by atoms with E-state index in [4.69, 9.17) is 20.6 Å². The first-order valence-electron chi connectivity index (χ1n) is 17.6. The maximum Gasteiger partial charge on any atom is 0.277 e. The lowest BCUT2D eigenvalue weighted by Gasteiger charge is -2.12. The molecule has 0 radical (unpaired) electrons. The molecule has 2 atom stereocenters. The van der Waals surface area contributed by atoms with Crippen molar-refractivity contribution >= 4 is 43.9 Å². The zero-order valence-corrected chi connectivity index (χ0v) is 32.3. The van der Waals surface area contributed by atoms with Crippen LogP contribution in [0.2, 0.25) is 0 Å². The minimum absolute atomic E-state index is 0. The summed E-state index contributed by atoms with van der Waals surface area (Å²) in [6.45, 7) is 5.04. The van der Waals surface area contributed by atoms with Crippen LogP contribution in [-0.4, -0.2) is 73.2 Å². The number of carbonyl (C=O) groups excluding carboxylic acids is 4. The molecule has 0 rings (SSSR count). The van der Waals surface area contributed by atoms with E-state index in [2.05, 4.69) is 24.5 Å². The quantitative estimate of drug-likeness (QED) is 0.0367. The molecular formula is C32H70N6O10S2. The molecule has 0 aliphatic rings. The maximum absolute atomic E-state index is 11.7. The van der Waals surface area contributed by atoms with Crippen molar-refractivity contribution in [3.05, 3.63) is 0 Å². The molecule has 18 heteroatoms. The van der Waals surface area contributed by atoms with Gasteiger partial charge in [-0.15, -0.1) is 0 Å². The number of hydrogen-bond donors (Lipinski definition) is 8. The smallest absolute Gasteiger partial charge is 0.277 e. The molecule has 4 amide bonds. The van der Waals surface area contributed by atoms with Crippen LogP contribution in [-0.2, 0) is 39.4 Å². The Kier molecular flexibility index (Phi) is 36.7. The van der Waals surface area contributed by atoms with E-state index in [0.717, 1.165) is 51.4 Å². The van der Waals surface area contributed by atoms with E-state index < -0.39 is 67.2 Å². The number of hydrogen-bond acceptors (Lipinski definition) is 10. The molecule has 0 bridgehead atoms. The van der Waals surface area contributed by atoms with Gasteiger partial charge in [0.15, 0.2) is 10.5 Å². The number of nitrogens with two attached hydrogens (primary N) is 2. The molecule has 0 heterocycles. The molecule has 2 unspecified atom stereocenters. The Morgan fingerprint density at radius 3 is 0.900 bits per heavy atom. The highest BCUT2D eigenvalue weighted by atomic mass is 32.2. The fourth-order valence-corrected chi connectivity index (χ4v) is 6.37. The first-order valence-corrected chi connectivity index (χ1v) is 20.6. The second-order valence-corrected chi connectivity index (χ2v) is 15.5. The minimum atomic E-state index is -4.64. The van der Waals surface area contributed by atoms with E-state index in [-0.39, 0.29) is 12.3 Å². The van der Waals surface area contributed by atoms with Crippen molar-refractivity contribution in [1.82, 2.24) is 22.9 Å². The highest BCUT2D eigenvalue weighted by molar-refractivity contribution is 7.87. The van der Waals surface area contributed by atoms with Gasteiger partial charge in [-0.25, -0.2) is 0 Å². The van der Waals surface area contributed by atoms with E-state index in [1.807, 2.05) is 0 Å². The summed E-state index contributed by atoms with van der Waals surface area (Å²) in [4.78, 5) is 45.0. The summed E-state index contributed by atoms with van der Waals surface area (Å²) >= 11 is 0. The number of nitrogens with one attached hydrogen (secondary N) is 2. The van der Waals surface area contributed by atoms with E-state index in [0.29, 0.717) is 13.1 Å². The number of rotatable bonds is 30. The molecule has 50 heavy (non-hydrogen) atoms. The SMILES string of the molecule is CCCCCCCCCCCCNC(=O)C(CC(N)=O)S(=O)(=O)O.CCCCCCCCCCCCNC(=O)C(CC(N)=O)S(=O)(=O)O.N.N. The van der Waals surface area contributed by atoms with E-state index in [9.17, 15) is 36.0 Å². The van der Waals surface area contributed by atoms with Gasteiger partial charge in [-0.1, -0.05) is 129 Å². The normalized spacial score (nSPS) is 12.2. The van der Waals surface area contributed by atoms with E-state index >= 15 is 0 Å². The van der Waals surface area contributed by atoms with E-state index in [1.165, 1.54) is 77.0 Å². The van der Waals surface area contributed by atoms with Gasteiger partial charge in [0, 0.05) is 13.1 Å². The van der Waals surface area contributed by atoms with Gasteiger partial charge in [0.1, 0.15) is 0 Å². The average molecular weight is 763 g/mol. The predicted octanol–water partition coefficient (Wildman–Crippen LogP) is 4.63. The number of amides is 4. The molecule has 0 aliphatic heterocycles. The Bertz CT molecular complexity index is 1020. The molecule has 0 saturated carbocycles. The number of carbonyl (C=O) groups is 4. The lowest BCUT2D eigenvalue weighted by Crippen LogP contribution is -2.42. The summed E-state index contributed by atoms with van der Waals surface area (Å²) in [5, 5.41) is 1.23. The van der Waals surface area contributed by atoms with Crippen molar-refractivity contribution in [2.75, 3.05) is 13.1 Å². The van der Waals surface area contributed by atoms with Crippen molar-refractivity contribution < 1.29 is 45.1 Å². The van der Waals surface area contributed by atoms with Crippen LogP contribution in [0.1, 0.15) is 155 Å². The highest BCUT2D eigenvalue weighted by Gasteiger charge is 2.33. The van der Waals surface area contributed by atoms with Crippen LogP contribution in [0, 0.1) is 0 Å². The van der Waals surface area contributed by atoms with Crippen LogP contribution < -0.4 is 34.4 Å². The molecule has 0 aliphatic carbocycles. The molecule has 0 aromatic heterocycles. The zero-order chi connectivity index (χ0) is 36.8. The topological polar surface area (TPSA) is 323 Å². The van der Waals surface area contributed by atoms with Crippen LogP contribution in [0.3, 0.4) is 0 Å². The van der Waals surface area contributed by atoms with Gasteiger partial charge < -0.3 is 34.4 Å². The van der Waals surface area contributed by atoms with Crippen molar-refractivity contribution in [3.63, 3.8) is 0 Å². The Balaban J connectivity index is -0.000000407. The van der Waals surface area contributed by atoms with Gasteiger partial charge in [0.25, 0.3) is 20.2 Å². The summed E-state index contributed by atoms with van der Waals surface area (Å²) in [5.74, 6) is -3.67. The summed E-state index contributed by atoms with van der Waals surface area (Å²) in [7, 11) is -9.27. The highest BCUT2D eigenvalue weighted by Crippen LogP contribution is 2.12. The average Bonchev–Trinajstić information content (AvgIpc) is 2.99. The van der Waals surface area contributed by atoms with Crippen LogP contribution >= 0.6 is 0 Å². The largest absolute Gasteiger partial charge is 0.370 e. The summed E-state index contributed by atoms with van der Waals surface area (Å²) in [6.07, 6.45) is 21.7. The Morgan fingerprint density at radius 1 is 0.480 bits per heavy atom. The zero-order valence-electron chi connectivity index (χ0n) is 30.7. The van der Waals surface area contributed by atoms with Crippen molar-refractivity contribution in [2.24, 2.45) is 11.5 Å². The first-order chi connectivity index (χ1) is 22.6. The fraction of sp³-hybridized carbons (Fsp3) is 0.875. The molecule has 0 spiro atoms. The predicted molar refractivity (Wildman–Crippen MR) is 198 cm³/mol. The molecule has 14 N–H and O–H groups in total. The van der Waals surface area contributed by atoms with Crippen LogP contribution in [0.4, 0.5) is 0 Å². The fourth-order valence-electron chi connectivity index (χ4n) is 4.91. The van der Waals surface area contributed by atoms with Gasteiger partial charge in [0.05, 0.1) is 12.8 Å². The molecule has 0 fully saturated rings. The lowest BCUT2D eigenvalue weighted by molar-refractivity contribution is -0.124. The van der Waals surface area contributed by atoms with Gasteiger partial charge in [-0.05, 0) is 12.8 Å². The van der Waals surface area contributed by atoms with Gasteiger partial charge in [0.2, 0.25) is 23.6 Å². The van der Waals surface area contributed by atoms with Crippen molar-refractivity contribution in [1.29, 1.82) is 0 Å². The minimum Gasteiger partial charge on any atom is -0.370 e. The third-order valence-corrected chi connectivity index (χ3v) is 9.94. The van der Waals surface area contributed by atoms with Crippen molar-refractivity contribution in [3.8, 4) is 0 Å². The third-order valence-electron chi connectivity index (χ3n) is 7.74. The number of primary amides is 2. The Labute approximate surface area is 301 Å². The Morgan fingerprint density at radius 2 is 0.700 bits per heavy atom. The second kappa shape index (κ2) is 33.7. The third kappa shape index (κ3) is 34.1. The molecular weight excluding hydrogens is 693 g/mol. The molecule has 0 saturated heterocycles. The van der Waals surface area contributed by atoms with Crippen LogP contribution in [0.5, 0.6) is 0 Å². The van der Waals surface area contributed by atoms with Crippen molar-refractivity contribution in [2.45, 2.75) is 166 Å². The van der Waals surface area contributed by atoms with Gasteiger partial charge in [-0.3, -0.25) is 28.3 Å². The molecule has 0 aromatic carbocycles. The Hall–Kier alpha value is -2.38. The molecule has 0 aromatic rings. The second-order valence-electron chi connectivity index (χ2n) is 12.3. The summed E-state index contributed by atoms with van der Waals surface area (Å²) in [5.41, 5.74) is 9.79. The molecule has 300 valence electrons. The number of unbranched alkanes of at least 4 members (excludes halogenated alkanes) is 18. The molecule has 16 nitrogen and oxygen atoms in total. The van der Waals surface area contributed by atoms with E-state index in [1.54, 1.807) is 0 Å². The summed E-state index contributed by atoms with van der Waals surface area (Å²) < 4.78 is 62.3. The summed E-state index contributed by atoms with van der Waals surface area (Å²) in [6, 6.07) is 0.